The Labute approximate surface area is 143 Å². The van der Waals surface area contributed by atoms with E-state index in [1.807, 2.05) is 0 Å². The first-order valence-corrected chi connectivity index (χ1v) is 8.83. The van der Waals surface area contributed by atoms with Gasteiger partial charge in [0.1, 0.15) is 11.6 Å². The van der Waals surface area contributed by atoms with Crippen molar-refractivity contribution in [3.63, 3.8) is 0 Å². The Morgan fingerprint density at radius 2 is 2.08 bits per heavy atom. The number of nitrogens with one attached hydrogen (secondary N) is 1. The molecule has 1 aromatic rings. The van der Waals surface area contributed by atoms with E-state index >= 15 is 0 Å². The lowest BCUT2D eigenvalue weighted by Crippen LogP contribution is -2.44. The first-order valence-electron chi connectivity index (χ1n) is 8.83. The van der Waals surface area contributed by atoms with Crippen LogP contribution in [0.2, 0.25) is 0 Å². The molecule has 132 valence electrons. The maximum Gasteiger partial charge on any atom is 0.320 e. The number of carbonyl (C=O) groups excluding carboxylic acids is 1. The van der Waals surface area contributed by atoms with Crippen LogP contribution >= 0.6 is 0 Å². The Balaban J connectivity index is 1.82. The van der Waals surface area contributed by atoms with Gasteiger partial charge in [0, 0.05) is 12.1 Å². The number of anilines is 2. The fourth-order valence-corrected chi connectivity index (χ4v) is 3.33. The molecule has 3 rings (SSSR count). The van der Waals surface area contributed by atoms with Gasteiger partial charge in [0.2, 0.25) is 5.91 Å². The van der Waals surface area contributed by atoms with Crippen molar-refractivity contribution in [3.8, 4) is 6.01 Å². The summed E-state index contributed by atoms with van der Waals surface area (Å²) in [5, 5.41) is 3.37. The minimum absolute atomic E-state index is 0.0523. The number of unbranched alkanes of at least 4 members (excludes halogenated alkanes) is 1. The zero-order chi connectivity index (χ0) is 17.2. The zero-order valence-electron chi connectivity index (χ0n) is 14.6. The van der Waals surface area contributed by atoms with E-state index in [1.165, 1.54) is 0 Å². The number of nitrogens with zero attached hydrogens (tertiary/aromatic N) is 3. The molecule has 0 atom stereocenters. The second-order valence-corrected chi connectivity index (χ2v) is 7.11. The molecule has 0 spiro atoms. The number of piperidine rings is 1. The number of rotatable bonds is 6. The van der Waals surface area contributed by atoms with Crippen LogP contribution < -0.4 is 20.7 Å². The van der Waals surface area contributed by atoms with Crippen LogP contribution in [0.15, 0.2) is 0 Å². The number of hydrogen-bond acceptors (Lipinski definition) is 6. The van der Waals surface area contributed by atoms with Gasteiger partial charge in [-0.2, -0.15) is 9.97 Å². The minimum Gasteiger partial charge on any atom is -0.463 e. The predicted octanol–water partition coefficient (Wildman–Crippen LogP) is 1.52. The van der Waals surface area contributed by atoms with Crippen LogP contribution in [0, 0.1) is 5.41 Å². The molecular weight excluding hydrogens is 306 g/mol. The molecule has 2 aliphatic rings. The van der Waals surface area contributed by atoms with E-state index in [9.17, 15) is 4.79 Å². The second-order valence-electron chi connectivity index (χ2n) is 7.11. The van der Waals surface area contributed by atoms with Gasteiger partial charge in [0.05, 0.1) is 13.0 Å². The van der Waals surface area contributed by atoms with Gasteiger partial charge in [-0.15, -0.1) is 0 Å². The molecular formula is C17H27N5O2. The lowest BCUT2D eigenvalue weighted by Gasteiger charge is -2.37. The number of ether oxygens (including phenoxy) is 1. The molecule has 3 heterocycles. The molecule has 0 bridgehead atoms. The van der Waals surface area contributed by atoms with Crippen molar-refractivity contribution in [1.29, 1.82) is 0 Å². The molecule has 0 aliphatic carbocycles. The van der Waals surface area contributed by atoms with Gasteiger partial charge in [-0.1, -0.05) is 20.3 Å². The van der Waals surface area contributed by atoms with Crippen molar-refractivity contribution < 1.29 is 9.53 Å². The lowest BCUT2D eigenvalue weighted by molar-refractivity contribution is -0.117. The summed E-state index contributed by atoms with van der Waals surface area (Å²) in [6.07, 6.45) is 4.36. The average Bonchev–Trinajstić information content (AvgIpc) is 2.85. The van der Waals surface area contributed by atoms with Crippen molar-refractivity contribution in [2.45, 2.75) is 46.0 Å². The smallest absolute Gasteiger partial charge is 0.320 e. The predicted molar refractivity (Wildman–Crippen MR) is 93.1 cm³/mol. The molecule has 1 aromatic heterocycles. The molecule has 0 saturated carbocycles. The van der Waals surface area contributed by atoms with Gasteiger partial charge in [0.25, 0.3) is 0 Å². The summed E-state index contributed by atoms with van der Waals surface area (Å²) in [6, 6.07) is 0.273. The van der Waals surface area contributed by atoms with Gasteiger partial charge in [0.15, 0.2) is 0 Å². The molecule has 7 nitrogen and oxygen atoms in total. The molecule has 1 amide bonds. The van der Waals surface area contributed by atoms with Gasteiger partial charge in [-0.05, 0) is 37.8 Å². The van der Waals surface area contributed by atoms with Gasteiger partial charge in [-0.3, -0.25) is 9.69 Å². The van der Waals surface area contributed by atoms with E-state index in [0.29, 0.717) is 24.8 Å². The van der Waals surface area contributed by atoms with E-state index in [4.69, 9.17) is 10.5 Å². The summed E-state index contributed by atoms with van der Waals surface area (Å²) < 4.78 is 5.60. The third-order valence-corrected chi connectivity index (χ3v) is 4.96. The van der Waals surface area contributed by atoms with Crippen LogP contribution in [0.3, 0.4) is 0 Å². The Morgan fingerprint density at radius 3 is 2.79 bits per heavy atom. The summed E-state index contributed by atoms with van der Waals surface area (Å²) in [6.45, 7) is 7.55. The number of amides is 1. The van der Waals surface area contributed by atoms with Crippen LogP contribution in [-0.4, -0.2) is 42.1 Å². The van der Waals surface area contributed by atoms with Gasteiger partial charge in [-0.25, -0.2) is 0 Å². The monoisotopic (exact) mass is 333 g/mol. The van der Waals surface area contributed by atoms with Gasteiger partial charge >= 0.3 is 6.01 Å². The molecule has 0 aromatic carbocycles. The highest BCUT2D eigenvalue weighted by Crippen LogP contribution is 2.37. The normalized spacial score (nSPS) is 19.4. The first-order chi connectivity index (χ1) is 11.5. The number of nitrogen functional groups attached to an aromatic ring is 1. The fraction of sp³-hybridized carbons (Fsp3) is 0.706. The number of fused-ring (bicyclic) bond motifs is 1. The van der Waals surface area contributed by atoms with Crippen LogP contribution in [-0.2, 0) is 11.2 Å². The molecule has 1 fully saturated rings. The summed E-state index contributed by atoms with van der Waals surface area (Å²) in [7, 11) is 0. The number of hydrogen-bond donors (Lipinski definition) is 2. The molecule has 2 aliphatic heterocycles. The molecule has 1 saturated heterocycles. The van der Waals surface area contributed by atoms with E-state index in [0.717, 1.165) is 44.3 Å². The molecule has 7 heteroatoms. The summed E-state index contributed by atoms with van der Waals surface area (Å²) in [5.74, 6) is 1.05. The summed E-state index contributed by atoms with van der Waals surface area (Å²) in [5.41, 5.74) is 6.89. The quantitative estimate of drug-likeness (QED) is 0.767. The summed E-state index contributed by atoms with van der Waals surface area (Å²) >= 11 is 0. The summed E-state index contributed by atoms with van der Waals surface area (Å²) in [4.78, 5) is 23.0. The highest BCUT2D eigenvalue weighted by atomic mass is 16.5. The van der Waals surface area contributed by atoms with E-state index < -0.39 is 0 Å². The SMILES string of the molecule is CCCCOc1nc(N)c2c(n1)N(CC1(C)CCNCC1)C(=O)C2. The van der Waals surface area contributed by atoms with Crippen molar-refractivity contribution in [3.05, 3.63) is 5.56 Å². The molecule has 0 unspecified atom stereocenters. The largest absolute Gasteiger partial charge is 0.463 e. The maximum atomic E-state index is 12.5. The second kappa shape index (κ2) is 6.93. The first kappa shape index (κ1) is 17.0. The Kier molecular flexibility index (Phi) is 4.89. The van der Waals surface area contributed by atoms with Crippen LogP contribution in [0.1, 0.15) is 45.1 Å². The van der Waals surface area contributed by atoms with Crippen LogP contribution in [0.4, 0.5) is 11.6 Å². The van der Waals surface area contributed by atoms with E-state index in [-0.39, 0.29) is 23.8 Å². The number of nitrogens with two attached hydrogens (primary N) is 1. The minimum atomic E-state index is 0.0523. The topological polar surface area (TPSA) is 93.4 Å². The lowest BCUT2D eigenvalue weighted by atomic mass is 9.80. The van der Waals surface area contributed by atoms with Crippen LogP contribution in [0.5, 0.6) is 6.01 Å². The van der Waals surface area contributed by atoms with Gasteiger partial charge < -0.3 is 15.8 Å². The van der Waals surface area contributed by atoms with Crippen molar-refractivity contribution in [1.82, 2.24) is 15.3 Å². The molecule has 24 heavy (non-hydrogen) atoms. The Hall–Kier alpha value is -1.89. The standard InChI is InChI=1S/C17H27N5O2/c1-3-4-9-24-16-20-14(18)12-10-13(23)22(15(12)21-16)11-17(2)5-7-19-8-6-17/h19H,3-11H2,1-2H3,(H2,18,20,21). The zero-order valence-corrected chi connectivity index (χ0v) is 14.6. The van der Waals surface area contributed by atoms with E-state index in [2.05, 4.69) is 29.1 Å². The van der Waals surface area contributed by atoms with Crippen molar-refractivity contribution >= 4 is 17.5 Å². The Bertz CT molecular complexity index is 613. The highest BCUT2D eigenvalue weighted by Gasteiger charge is 2.38. The molecule has 0 radical (unpaired) electrons. The average molecular weight is 333 g/mol. The van der Waals surface area contributed by atoms with Crippen molar-refractivity contribution in [2.75, 3.05) is 36.9 Å². The Morgan fingerprint density at radius 1 is 1.33 bits per heavy atom. The fourth-order valence-electron chi connectivity index (χ4n) is 3.33. The third kappa shape index (κ3) is 3.45. The molecule has 3 N–H and O–H groups in total. The number of carbonyl (C=O) groups is 1. The van der Waals surface area contributed by atoms with E-state index in [1.54, 1.807) is 4.90 Å². The maximum absolute atomic E-state index is 12.5. The highest BCUT2D eigenvalue weighted by molar-refractivity contribution is 6.01. The number of aromatic nitrogens is 2. The third-order valence-electron chi connectivity index (χ3n) is 4.96. The van der Waals surface area contributed by atoms with Crippen molar-refractivity contribution in [2.24, 2.45) is 5.41 Å². The van der Waals surface area contributed by atoms with Crippen LogP contribution in [0.25, 0.3) is 0 Å².